The van der Waals surface area contributed by atoms with Crippen LogP contribution in [0.15, 0.2) is 23.1 Å². The minimum Gasteiger partial charge on any atom is -0.444 e. The first-order chi connectivity index (χ1) is 11.4. The van der Waals surface area contributed by atoms with Gasteiger partial charge in [-0.25, -0.2) is 4.79 Å². The Balaban J connectivity index is 0.000000609. The normalized spacial score (nSPS) is 10.7. The summed E-state index contributed by atoms with van der Waals surface area (Å²) in [4.78, 5) is 22.4. The SMILES string of the molecule is CC(C)(C)OC(N)=O.CC(C)CCC(=O)NSc1ccc(Cl)c(Cl)c1. The number of nitrogens with two attached hydrogens (primary N) is 1. The number of nitrogens with one attached hydrogen (secondary N) is 1. The van der Waals surface area contributed by atoms with Crippen molar-refractivity contribution in [1.29, 1.82) is 0 Å². The van der Waals surface area contributed by atoms with Gasteiger partial charge >= 0.3 is 6.09 Å². The molecule has 2 amide bonds. The second-order valence-corrected chi connectivity index (χ2v) is 8.36. The third-order valence-electron chi connectivity index (χ3n) is 2.53. The lowest BCUT2D eigenvalue weighted by atomic mass is 10.1. The van der Waals surface area contributed by atoms with Crippen molar-refractivity contribution >= 4 is 47.2 Å². The number of halogens is 2. The summed E-state index contributed by atoms with van der Waals surface area (Å²) in [5.41, 5.74) is 4.26. The van der Waals surface area contributed by atoms with Gasteiger partial charge < -0.3 is 10.5 Å². The van der Waals surface area contributed by atoms with Crippen LogP contribution < -0.4 is 10.5 Å². The van der Waals surface area contributed by atoms with E-state index in [4.69, 9.17) is 28.9 Å². The largest absolute Gasteiger partial charge is 0.444 e. The molecule has 0 aliphatic heterocycles. The van der Waals surface area contributed by atoms with Crippen LogP contribution in [0, 0.1) is 5.92 Å². The number of rotatable bonds is 5. The smallest absolute Gasteiger partial charge is 0.405 e. The first kappa shape index (κ1) is 23.9. The van der Waals surface area contributed by atoms with Crippen LogP contribution in [0.5, 0.6) is 0 Å². The Morgan fingerprint density at radius 1 is 1.24 bits per heavy atom. The van der Waals surface area contributed by atoms with Gasteiger partial charge in [0.15, 0.2) is 0 Å². The zero-order chi connectivity index (χ0) is 19.6. The average molecular weight is 409 g/mol. The number of ether oxygens (including phenoxy) is 1. The maximum absolute atomic E-state index is 11.5. The first-order valence-corrected chi connectivity index (χ1v) is 9.37. The Bertz CT molecular complexity index is 576. The zero-order valence-corrected chi connectivity index (χ0v) is 17.5. The van der Waals surface area contributed by atoms with Gasteiger partial charge in [0.05, 0.1) is 10.0 Å². The summed E-state index contributed by atoms with van der Waals surface area (Å²) in [6.07, 6.45) is 0.720. The fourth-order valence-corrected chi connectivity index (χ4v) is 2.44. The molecule has 0 bridgehead atoms. The highest BCUT2D eigenvalue weighted by atomic mass is 35.5. The molecule has 1 aromatic carbocycles. The van der Waals surface area contributed by atoms with Crippen molar-refractivity contribution in [3.8, 4) is 0 Å². The van der Waals surface area contributed by atoms with Gasteiger partial charge in [-0.3, -0.25) is 9.52 Å². The molecule has 0 aliphatic rings. The van der Waals surface area contributed by atoms with Crippen LogP contribution in [-0.2, 0) is 9.53 Å². The molecular formula is C17H26Cl2N2O3S. The molecule has 0 saturated carbocycles. The molecule has 0 spiro atoms. The van der Waals surface area contributed by atoms with Gasteiger partial charge in [-0.1, -0.05) is 37.0 Å². The molecule has 8 heteroatoms. The van der Waals surface area contributed by atoms with Crippen molar-refractivity contribution < 1.29 is 14.3 Å². The van der Waals surface area contributed by atoms with Crippen LogP contribution >= 0.6 is 35.1 Å². The molecule has 0 aromatic heterocycles. The molecule has 0 saturated heterocycles. The van der Waals surface area contributed by atoms with Crippen LogP contribution in [0.2, 0.25) is 10.0 Å². The van der Waals surface area contributed by atoms with Gasteiger partial charge in [0.25, 0.3) is 0 Å². The van der Waals surface area contributed by atoms with E-state index >= 15 is 0 Å². The van der Waals surface area contributed by atoms with E-state index in [0.717, 1.165) is 11.3 Å². The molecule has 5 nitrogen and oxygen atoms in total. The summed E-state index contributed by atoms with van der Waals surface area (Å²) in [5.74, 6) is 0.575. The molecule has 0 heterocycles. The maximum atomic E-state index is 11.5. The van der Waals surface area contributed by atoms with Crippen LogP contribution in [0.25, 0.3) is 0 Å². The molecule has 0 atom stereocenters. The summed E-state index contributed by atoms with van der Waals surface area (Å²) < 4.78 is 7.35. The van der Waals surface area contributed by atoms with E-state index in [0.29, 0.717) is 22.4 Å². The molecule has 0 aliphatic carbocycles. The van der Waals surface area contributed by atoms with Gasteiger partial charge in [-0.2, -0.15) is 0 Å². The van der Waals surface area contributed by atoms with Gasteiger partial charge in [-0.15, -0.1) is 0 Å². The van der Waals surface area contributed by atoms with Crippen molar-refractivity contribution in [2.75, 3.05) is 0 Å². The van der Waals surface area contributed by atoms with Crippen molar-refractivity contribution in [3.05, 3.63) is 28.2 Å². The minimum atomic E-state index is -0.725. The Hall–Kier alpha value is -1.11. The van der Waals surface area contributed by atoms with Gasteiger partial charge in [-0.05, 0) is 63.3 Å². The highest BCUT2D eigenvalue weighted by molar-refractivity contribution is 7.98. The summed E-state index contributed by atoms with van der Waals surface area (Å²) >= 11 is 12.9. The maximum Gasteiger partial charge on any atom is 0.405 e. The molecule has 25 heavy (non-hydrogen) atoms. The van der Waals surface area contributed by atoms with Crippen LogP contribution in [-0.4, -0.2) is 17.6 Å². The van der Waals surface area contributed by atoms with E-state index in [1.165, 1.54) is 11.9 Å². The van der Waals surface area contributed by atoms with Crippen molar-refractivity contribution in [1.82, 2.24) is 4.72 Å². The number of benzene rings is 1. The van der Waals surface area contributed by atoms with E-state index in [9.17, 15) is 9.59 Å². The number of carbonyl (C=O) groups excluding carboxylic acids is 2. The molecule has 0 fully saturated rings. The van der Waals surface area contributed by atoms with E-state index in [2.05, 4.69) is 23.3 Å². The summed E-state index contributed by atoms with van der Waals surface area (Å²) in [5, 5.41) is 1.01. The van der Waals surface area contributed by atoms with Crippen molar-refractivity contribution in [2.45, 2.75) is 58.0 Å². The van der Waals surface area contributed by atoms with E-state index in [1.54, 1.807) is 32.9 Å². The average Bonchev–Trinajstić information content (AvgIpc) is 2.44. The molecule has 1 aromatic rings. The monoisotopic (exact) mass is 408 g/mol. The lowest BCUT2D eigenvalue weighted by Crippen LogP contribution is -2.27. The number of hydrogen-bond donors (Lipinski definition) is 2. The molecule has 3 N–H and O–H groups in total. The molecule has 0 radical (unpaired) electrons. The van der Waals surface area contributed by atoms with Crippen molar-refractivity contribution in [2.24, 2.45) is 11.7 Å². The zero-order valence-electron chi connectivity index (χ0n) is 15.2. The van der Waals surface area contributed by atoms with Crippen LogP contribution in [0.1, 0.15) is 47.5 Å². The minimum absolute atomic E-state index is 0.0368. The first-order valence-electron chi connectivity index (χ1n) is 7.80. The Morgan fingerprint density at radius 2 is 1.84 bits per heavy atom. The lowest BCUT2D eigenvalue weighted by Gasteiger charge is -2.16. The molecule has 0 unspecified atom stereocenters. The predicted molar refractivity (Wildman–Crippen MR) is 105 cm³/mol. The van der Waals surface area contributed by atoms with E-state index in [-0.39, 0.29) is 5.91 Å². The number of primary amides is 1. The Kier molecular flexibility index (Phi) is 11.0. The number of hydrogen-bond acceptors (Lipinski definition) is 4. The quantitative estimate of drug-likeness (QED) is 0.635. The summed E-state index contributed by atoms with van der Waals surface area (Å²) in [6, 6.07) is 5.27. The standard InChI is InChI=1S/C12H15Cl2NOS.C5H11NO2/c1-8(2)3-6-12(16)15-17-9-4-5-10(13)11(14)7-9;1-5(2,3)8-4(6)7/h4-5,7-8H,3,6H2,1-2H3,(H,15,16);1-3H3,(H2,6,7). The van der Waals surface area contributed by atoms with Gasteiger partial charge in [0, 0.05) is 11.3 Å². The van der Waals surface area contributed by atoms with Gasteiger partial charge in [0.2, 0.25) is 5.91 Å². The van der Waals surface area contributed by atoms with Crippen LogP contribution in [0.4, 0.5) is 4.79 Å². The number of carbonyl (C=O) groups is 2. The molecule has 1 rings (SSSR count). The third kappa shape index (κ3) is 13.8. The summed E-state index contributed by atoms with van der Waals surface area (Å²) in [7, 11) is 0. The highest BCUT2D eigenvalue weighted by Crippen LogP contribution is 2.26. The topological polar surface area (TPSA) is 81.4 Å². The second kappa shape index (κ2) is 11.5. The van der Waals surface area contributed by atoms with Crippen LogP contribution in [0.3, 0.4) is 0 Å². The number of amides is 2. The molecule has 142 valence electrons. The summed E-state index contributed by atoms with van der Waals surface area (Å²) in [6.45, 7) is 9.48. The second-order valence-electron chi connectivity index (χ2n) is 6.67. The Morgan fingerprint density at radius 3 is 2.24 bits per heavy atom. The van der Waals surface area contributed by atoms with E-state index in [1.807, 2.05) is 6.07 Å². The van der Waals surface area contributed by atoms with Gasteiger partial charge in [0.1, 0.15) is 5.60 Å². The third-order valence-corrected chi connectivity index (χ3v) is 4.09. The fraction of sp³-hybridized carbons (Fsp3) is 0.529. The van der Waals surface area contributed by atoms with Crippen molar-refractivity contribution in [3.63, 3.8) is 0 Å². The lowest BCUT2D eigenvalue weighted by molar-refractivity contribution is -0.119. The fourth-order valence-electron chi connectivity index (χ4n) is 1.43. The molecular weight excluding hydrogens is 383 g/mol. The Labute approximate surface area is 164 Å². The predicted octanol–water partition coefficient (Wildman–Crippen LogP) is 5.43. The highest BCUT2D eigenvalue weighted by Gasteiger charge is 2.12. The van der Waals surface area contributed by atoms with E-state index < -0.39 is 11.7 Å².